The molecule has 0 saturated heterocycles. The zero-order valence-corrected chi connectivity index (χ0v) is 14.7. The molecule has 8 heteroatoms. The molecule has 2 rings (SSSR count). The molecule has 0 bridgehead atoms. The molecule has 0 aliphatic rings. The van der Waals surface area contributed by atoms with E-state index in [-0.39, 0.29) is 16.3 Å². The smallest absolute Gasteiger partial charge is 0.340 e. The van der Waals surface area contributed by atoms with Gasteiger partial charge in [-0.2, -0.15) is 0 Å². The van der Waals surface area contributed by atoms with E-state index in [9.17, 15) is 19.7 Å². The predicted molar refractivity (Wildman–Crippen MR) is 96.1 cm³/mol. The van der Waals surface area contributed by atoms with E-state index in [2.05, 4.69) is 5.32 Å². The van der Waals surface area contributed by atoms with E-state index in [4.69, 9.17) is 16.3 Å². The van der Waals surface area contributed by atoms with Gasteiger partial charge in [-0.15, -0.1) is 0 Å². The number of rotatable bonds is 7. The number of nitrogens with one attached hydrogen (secondary N) is 1. The van der Waals surface area contributed by atoms with Crippen molar-refractivity contribution in [1.29, 1.82) is 0 Å². The average molecular weight is 377 g/mol. The van der Waals surface area contributed by atoms with Gasteiger partial charge in [0.15, 0.2) is 6.10 Å². The Labute approximate surface area is 155 Å². The summed E-state index contributed by atoms with van der Waals surface area (Å²) >= 11 is 5.89. The largest absolute Gasteiger partial charge is 0.449 e. The summed E-state index contributed by atoms with van der Waals surface area (Å²) in [5.41, 5.74) is 0.618. The topological polar surface area (TPSA) is 98.5 Å². The number of hydrogen-bond acceptors (Lipinski definition) is 5. The Morgan fingerprint density at radius 3 is 2.58 bits per heavy atom. The molecule has 0 fully saturated rings. The van der Waals surface area contributed by atoms with E-state index >= 15 is 0 Å². The number of carbonyl (C=O) groups is 2. The highest BCUT2D eigenvalue weighted by Gasteiger charge is 2.22. The summed E-state index contributed by atoms with van der Waals surface area (Å²) in [5.74, 6) is -1.36. The molecule has 2 aromatic carbocycles. The summed E-state index contributed by atoms with van der Waals surface area (Å²) in [6.45, 7) is 1.81. The van der Waals surface area contributed by atoms with Crippen LogP contribution in [0.25, 0.3) is 0 Å². The number of nitro benzene ring substituents is 1. The lowest BCUT2D eigenvalue weighted by atomic mass is 10.1. The first-order chi connectivity index (χ1) is 12.4. The number of nitrogens with zero attached hydrogens (tertiary/aromatic N) is 1. The Bertz CT molecular complexity index is 810. The highest BCUT2D eigenvalue weighted by atomic mass is 35.5. The van der Waals surface area contributed by atoms with Gasteiger partial charge in [0, 0.05) is 18.7 Å². The third-order valence-corrected chi connectivity index (χ3v) is 3.92. The first-order valence-corrected chi connectivity index (χ1v) is 8.23. The van der Waals surface area contributed by atoms with Crippen LogP contribution in [0.2, 0.25) is 5.02 Å². The van der Waals surface area contributed by atoms with Crippen molar-refractivity contribution in [3.63, 3.8) is 0 Å². The second kappa shape index (κ2) is 8.96. The first kappa shape index (κ1) is 19.4. The van der Waals surface area contributed by atoms with Crippen LogP contribution in [-0.2, 0) is 16.0 Å². The maximum atomic E-state index is 12.1. The second-order valence-electron chi connectivity index (χ2n) is 5.50. The number of nitro groups is 1. The van der Waals surface area contributed by atoms with Gasteiger partial charge in [0.05, 0.1) is 15.5 Å². The molecule has 0 spiro atoms. The monoisotopic (exact) mass is 376 g/mol. The van der Waals surface area contributed by atoms with Gasteiger partial charge in [-0.05, 0) is 25.0 Å². The van der Waals surface area contributed by atoms with E-state index in [0.717, 1.165) is 11.6 Å². The fourth-order valence-corrected chi connectivity index (χ4v) is 2.37. The van der Waals surface area contributed by atoms with Gasteiger partial charge < -0.3 is 10.1 Å². The maximum Gasteiger partial charge on any atom is 0.340 e. The Kier molecular flexibility index (Phi) is 6.68. The number of esters is 1. The average Bonchev–Trinajstić information content (AvgIpc) is 2.62. The predicted octanol–water partition coefficient (Wildman–Crippen LogP) is 3.15. The quantitative estimate of drug-likeness (QED) is 0.454. The Balaban J connectivity index is 1.91. The number of amides is 1. The van der Waals surface area contributed by atoms with Crippen molar-refractivity contribution in [2.75, 3.05) is 6.54 Å². The molecule has 1 amide bonds. The van der Waals surface area contributed by atoms with Crippen LogP contribution >= 0.6 is 11.6 Å². The van der Waals surface area contributed by atoms with E-state index in [1.807, 2.05) is 30.3 Å². The van der Waals surface area contributed by atoms with Gasteiger partial charge in [-0.25, -0.2) is 4.79 Å². The number of halogens is 1. The van der Waals surface area contributed by atoms with Crippen LogP contribution in [0.1, 0.15) is 22.8 Å². The summed E-state index contributed by atoms with van der Waals surface area (Å²) in [6, 6.07) is 13.0. The first-order valence-electron chi connectivity index (χ1n) is 7.85. The molecule has 0 saturated carbocycles. The summed E-state index contributed by atoms with van der Waals surface area (Å²) in [5, 5.41) is 13.5. The van der Waals surface area contributed by atoms with E-state index in [0.29, 0.717) is 13.0 Å². The van der Waals surface area contributed by atoms with Crippen molar-refractivity contribution >= 4 is 29.2 Å². The minimum Gasteiger partial charge on any atom is -0.449 e. The summed E-state index contributed by atoms with van der Waals surface area (Å²) in [7, 11) is 0. The van der Waals surface area contributed by atoms with Gasteiger partial charge in [0.1, 0.15) is 0 Å². The van der Waals surface area contributed by atoms with Crippen molar-refractivity contribution in [3.05, 3.63) is 74.8 Å². The Morgan fingerprint density at radius 1 is 1.23 bits per heavy atom. The van der Waals surface area contributed by atoms with E-state index in [1.165, 1.54) is 19.1 Å². The van der Waals surface area contributed by atoms with Crippen molar-refractivity contribution in [2.24, 2.45) is 0 Å². The van der Waals surface area contributed by atoms with Crippen molar-refractivity contribution in [2.45, 2.75) is 19.4 Å². The molecule has 26 heavy (non-hydrogen) atoms. The Hall–Kier alpha value is -2.93. The number of ether oxygens (including phenoxy) is 1. The maximum absolute atomic E-state index is 12.1. The van der Waals surface area contributed by atoms with Crippen molar-refractivity contribution in [1.82, 2.24) is 5.32 Å². The molecule has 136 valence electrons. The standard InChI is InChI=1S/C18H17ClN2O5/c1-12(17(22)20-10-9-13-5-3-2-4-6-13)26-18(23)15-11-14(21(24)25)7-8-16(15)19/h2-8,11-12H,9-10H2,1H3,(H,20,22). The molecular weight excluding hydrogens is 360 g/mol. The lowest BCUT2D eigenvalue weighted by Crippen LogP contribution is -2.37. The van der Waals surface area contributed by atoms with E-state index < -0.39 is 22.9 Å². The van der Waals surface area contributed by atoms with E-state index in [1.54, 1.807) is 0 Å². The molecule has 7 nitrogen and oxygen atoms in total. The minimum atomic E-state index is -1.06. The molecule has 0 radical (unpaired) electrons. The zero-order valence-electron chi connectivity index (χ0n) is 14.0. The molecular formula is C18H17ClN2O5. The van der Waals surface area contributed by atoms with Gasteiger partial charge in [-0.3, -0.25) is 14.9 Å². The van der Waals surface area contributed by atoms with Gasteiger partial charge in [0.2, 0.25) is 0 Å². The number of non-ortho nitro benzene ring substituents is 1. The normalized spacial score (nSPS) is 11.5. The zero-order chi connectivity index (χ0) is 19.1. The number of carbonyl (C=O) groups excluding carboxylic acids is 2. The fraction of sp³-hybridized carbons (Fsp3) is 0.222. The molecule has 0 heterocycles. The SMILES string of the molecule is CC(OC(=O)c1cc([N+](=O)[O-])ccc1Cl)C(=O)NCCc1ccccc1. The van der Waals surface area contributed by atoms with Crippen LogP contribution in [-0.4, -0.2) is 29.4 Å². The van der Waals surface area contributed by atoms with Crippen LogP contribution in [0.15, 0.2) is 48.5 Å². The van der Waals surface area contributed by atoms with Crippen molar-refractivity contribution < 1.29 is 19.2 Å². The van der Waals surface area contributed by atoms with Crippen LogP contribution in [0.4, 0.5) is 5.69 Å². The molecule has 1 N–H and O–H groups in total. The number of benzene rings is 2. The van der Waals surface area contributed by atoms with Crippen LogP contribution in [0.5, 0.6) is 0 Å². The third-order valence-electron chi connectivity index (χ3n) is 3.59. The fourth-order valence-electron chi connectivity index (χ4n) is 2.18. The van der Waals surface area contributed by atoms with Gasteiger partial charge in [-0.1, -0.05) is 41.9 Å². The lowest BCUT2D eigenvalue weighted by molar-refractivity contribution is -0.384. The summed E-state index contributed by atoms with van der Waals surface area (Å²) in [4.78, 5) is 34.3. The Morgan fingerprint density at radius 2 is 1.92 bits per heavy atom. The highest BCUT2D eigenvalue weighted by Crippen LogP contribution is 2.23. The second-order valence-corrected chi connectivity index (χ2v) is 5.90. The van der Waals surface area contributed by atoms with Crippen LogP contribution < -0.4 is 5.32 Å². The lowest BCUT2D eigenvalue weighted by Gasteiger charge is -2.14. The molecule has 1 atom stereocenters. The number of hydrogen-bond donors (Lipinski definition) is 1. The van der Waals surface area contributed by atoms with Crippen LogP contribution in [0.3, 0.4) is 0 Å². The van der Waals surface area contributed by atoms with Crippen molar-refractivity contribution in [3.8, 4) is 0 Å². The minimum absolute atomic E-state index is 0.0114. The highest BCUT2D eigenvalue weighted by molar-refractivity contribution is 6.33. The summed E-state index contributed by atoms with van der Waals surface area (Å²) in [6.07, 6.45) is -0.419. The molecule has 2 aromatic rings. The van der Waals surface area contributed by atoms with Crippen LogP contribution in [0, 0.1) is 10.1 Å². The molecule has 0 aromatic heterocycles. The molecule has 1 unspecified atom stereocenters. The summed E-state index contributed by atoms with van der Waals surface area (Å²) < 4.78 is 5.06. The third kappa shape index (κ3) is 5.29. The molecule has 0 aliphatic heterocycles. The van der Waals surface area contributed by atoms with Gasteiger partial charge >= 0.3 is 5.97 Å². The van der Waals surface area contributed by atoms with Gasteiger partial charge in [0.25, 0.3) is 11.6 Å². The molecule has 0 aliphatic carbocycles.